The first kappa shape index (κ1) is 11.4. The first-order valence-corrected chi connectivity index (χ1v) is 6.59. The molecule has 0 aliphatic rings. The average molecular weight is 277 g/mol. The van der Waals surface area contributed by atoms with Gasteiger partial charge in [0.15, 0.2) is 0 Å². The number of benzene rings is 1. The molecule has 2 aromatic heterocycles. The summed E-state index contributed by atoms with van der Waals surface area (Å²) in [5.74, 6) is 0.977. The minimum absolute atomic E-state index is 0.446. The van der Waals surface area contributed by atoms with Crippen LogP contribution in [0.4, 0.5) is 0 Å². The molecule has 0 atom stereocenters. The molecule has 0 fully saturated rings. The standard InChI is InChI=1S/C13H9ClN2OS/c1-8-6-7-11(18-8)13-16-15-12(17-13)9-4-2-3-5-10(9)14/h2-7H,1H3. The van der Waals surface area contributed by atoms with E-state index in [2.05, 4.69) is 10.2 Å². The van der Waals surface area contributed by atoms with Crippen molar-refractivity contribution in [3.63, 3.8) is 0 Å². The van der Waals surface area contributed by atoms with Crippen molar-refractivity contribution in [2.75, 3.05) is 0 Å². The predicted molar refractivity (Wildman–Crippen MR) is 72.8 cm³/mol. The van der Waals surface area contributed by atoms with E-state index in [-0.39, 0.29) is 0 Å². The summed E-state index contributed by atoms with van der Waals surface area (Å²) in [5.41, 5.74) is 0.756. The van der Waals surface area contributed by atoms with Gasteiger partial charge < -0.3 is 4.42 Å². The molecule has 0 N–H and O–H groups in total. The zero-order valence-corrected chi connectivity index (χ0v) is 11.1. The van der Waals surface area contributed by atoms with Gasteiger partial charge >= 0.3 is 0 Å². The summed E-state index contributed by atoms with van der Waals surface area (Å²) < 4.78 is 5.65. The third kappa shape index (κ3) is 2.05. The van der Waals surface area contributed by atoms with Crippen molar-refractivity contribution in [3.05, 3.63) is 46.3 Å². The van der Waals surface area contributed by atoms with E-state index in [1.807, 2.05) is 37.3 Å². The summed E-state index contributed by atoms with van der Waals surface area (Å²) in [6.45, 7) is 2.04. The van der Waals surface area contributed by atoms with Gasteiger partial charge in [-0.15, -0.1) is 21.5 Å². The smallest absolute Gasteiger partial charge is 0.258 e. The minimum atomic E-state index is 0.446. The Hall–Kier alpha value is -1.65. The Morgan fingerprint density at radius 3 is 2.56 bits per heavy atom. The van der Waals surface area contributed by atoms with Crippen LogP contribution >= 0.6 is 22.9 Å². The minimum Gasteiger partial charge on any atom is -0.415 e. The fourth-order valence-electron chi connectivity index (χ4n) is 1.62. The predicted octanol–water partition coefficient (Wildman–Crippen LogP) is 4.43. The van der Waals surface area contributed by atoms with Gasteiger partial charge in [-0.05, 0) is 31.2 Å². The zero-order valence-electron chi connectivity index (χ0n) is 9.55. The summed E-state index contributed by atoms with van der Waals surface area (Å²) in [4.78, 5) is 2.18. The van der Waals surface area contributed by atoms with Crippen LogP contribution in [0.25, 0.3) is 22.2 Å². The van der Waals surface area contributed by atoms with Crippen LogP contribution in [0.3, 0.4) is 0 Å². The molecule has 3 aromatic rings. The van der Waals surface area contributed by atoms with Crippen LogP contribution in [0.1, 0.15) is 4.88 Å². The first-order chi connectivity index (χ1) is 8.74. The van der Waals surface area contributed by atoms with Crippen molar-refractivity contribution in [2.45, 2.75) is 6.92 Å². The Kier molecular flexibility index (Phi) is 2.89. The highest BCUT2D eigenvalue weighted by Gasteiger charge is 2.13. The fraction of sp³-hybridized carbons (Fsp3) is 0.0769. The quantitative estimate of drug-likeness (QED) is 0.695. The third-order valence-corrected chi connectivity index (χ3v) is 3.80. The molecule has 0 bridgehead atoms. The van der Waals surface area contributed by atoms with E-state index in [1.54, 1.807) is 17.4 Å². The van der Waals surface area contributed by atoms with E-state index >= 15 is 0 Å². The number of aryl methyl sites for hydroxylation is 1. The third-order valence-electron chi connectivity index (χ3n) is 2.48. The van der Waals surface area contributed by atoms with Crippen molar-refractivity contribution in [3.8, 4) is 22.2 Å². The summed E-state index contributed by atoms with van der Waals surface area (Å²) in [6.07, 6.45) is 0. The molecule has 1 aromatic carbocycles. The van der Waals surface area contributed by atoms with E-state index < -0.39 is 0 Å². The van der Waals surface area contributed by atoms with Gasteiger partial charge in [-0.3, -0.25) is 0 Å². The Labute approximate surface area is 113 Å². The van der Waals surface area contributed by atoms with Crippen molar-refractivity contribution >= 4 is 22.9 Å². The fourth-order valence-corrected chi connectivity index (χ4v) is 2.62. The van der Waals surface area contributed by atoms with E-state index in [1.165, 1.54) is 4.88 Å². The van der Waals surface area contributed by atoms with Gasteiger partial charge in [-0.1, -0.05) is 23.7 Å². The molecule has 0 spiro atoms. The van der Waals surface area contributed by atoms with Crippen LogP contribution < -0.4 is 0 Å². The number of rotatable bonds is 2. The molecule has 3 nitrogen and oxygen atoms in total. The molecule has 90 valence electrons. The van der Waals surface area contributed by atoms with Crippen molar-refractivity contribution in [1.29, 1.82) is 0 Å². The summed E-state index contributed by atoms with van der Waals surface area (Å²) in [6, 6.07) is 11.4. The molecule has 0 aliphatic carbocycles. The Morgan fingerprint density at radius 1 is 1.06 bits per heavy atom. The molecule has 2 heterocycles. The number of thiophene rings is 1. The molecular formula is C13H9ClN2OS. The number of hydrogen-bond donors (Lipinski definition) is 0. The summed E-state index contributed by atoms with van der Waals surface area (Å²) in [7, 11) is 0. The molecule has 0 saturated heterocycles. The molecule has 0 amide bonds. The van der Waals surface area contributed by atoms with Gasteiger partial charge in [0.05, 0.1) is 15.5 Å². The van der Waals surface area contributed by atoms with Crippen LogP contribution in [0.15, 0.2) is 40.8 Å². The highest BCUT2D eigenvalue weighted by atomic mass is 35.5. The molecule has 18 heavy (non-hydrogen) atoms. The maximum Gasteiger partial charge on any atom is 0.258 e. The molecule has 0 aliphatic heterocycles. The maximum absolute atomic E-state index is 6.09. The normalized spacial score (nSPS) is 10.8. The zero-order chi connectivity index (χ0) is 12.5. The van der Waals surface area contributed by atoms with Crippen molar-refractivity contribution in [1.82, 2.24) is 10.2 Å². The van der Waals surface area contributed by atoms with Crippen molar-refractivity contribution in [2.24, 2.45) is 0 Å². The molecule has 0 radical (unpaired) electrons. The van der Waals surface area contributed by atoms with Gasteiger partial charge in [0.25, 0.3) is 5.89 Å². The number of aromatic nitrogens is 2. The SMILES string of the molecule is Cc1ccc(-c2nnc(-c3ccccc3Cl)o2)s1. The second kappa shape index (κ2) is 4.55. The van der Waals surface area contributed by atoms with Gasteiger partial charge in [0.2, 0.25) is 5.89 Å². The lowest BCUT2D eigenvalue weighted by molar-refractivity contribution is 0.586. The monoisotopic (exact) mass is 276 g/mol. The molecule has 0 unspecified atom stereocenters. The lowest BCUT2D eigenvalue weighted by atomic mass is 10.2. The van der Waals surface area contributed by atoms with Crippen LogP contribution in [0, 0.1) is 6.92 Å². The number of hydrogen-bond acceptors (Lipinski definition) is 4. The Balaban J connectivity index is 2.02. The molecule has 5 heteroatoms. The lowest BCUT2D eigenvalue weighted by Gasteiger charge is -1.96. The first-order valence-electron chi connectivity index (χ1n) is 5.39. The van der Waals surface area contributed by atoms with Gasteiger partial charge in [0, 0.05) is 4.88 Å². The van der Waals surface area contributed by atoms with Gasteiger partial charge in [0.1, 0.15) is 0 Å². The Morgan fingerprint density at radius 2 is 1.83 bits per heavy atom. The highest BCUT2D eigenvalue weighted by molar-refractivity contribution is 7.15. The second-order valence-electron chi connectivity index (χ2n) is 3.80. The van der Waals surface area contributed by atoms with Crippen LogP contribution in [0.5, 0.6) is 0 Å². The lowest BCUT2D eigenvalue weighted by Crippen LogP contribution is -1.78. The number of nitrogens with zero attached hydrogens (tertiary/aromatic N) is 2. The topological polar surface area (TPSA) is 38.9 Å². The van der Waals surface area contributed by atoms with E-state index in [9.17, 15) is 0 Å². The molecule has 3 rings (SSSR count). The molecule has 0 saturated carbocycles. The Bertz CT molecular complexity index is 690. The summed E-state index contributed by atoms with van der Waals surface area (Å²) in [5, 5.41) is 8.70. The van der Waals surface area contributed by atoms with E-state index in [4.69, 9.17) is 16.0 Å². The largest absolute Gasteiger partial charge is 0.415 e. The van der Waals surface area contributed by atoms with E-state index in [0.717, 1.165) is 10.4 Å². The summed E-state index contributed by atoms with van der Waals surface area (Å²) >= 11 is 7.72. The molecular weight excluding hydrogens is 268 g/mol. The maximum atomic E-state index is 6.09. The van der Waals surface area contributed by atoms with Crippen LogP contribution in [0.2, 0.25) is 5.02 Å². The highest BCUT2D eigenvalue weighted by Crippen LogP contribution is 2.31. The van der Waals surface area contributed by atoms with Gasteiger partial charge in [-0.2, -0.15) is 0 Å². The van der Waals surface area contributed by atoms with Crippen LogP contribution in [-0.4, -0.2) is 10.2 Å². The van der Waals surface area contributed by atoms with Gasteiger partial charge in [-0.25, -0.2) is 0 Å². The van der Waals surface area contributed by atoms with Crippen molar-refractivity contribution < 1.29 is 4.42 Å². The van der Waals surface area contributed by atoms with E-state index in [0.29, 0.717) is 16.8 Å². The average Bonchev–Trinajstić information content (AvgIpc) is 2.98. The second-order valence-corrected chi connectivity index (χ2v) is 5.50. The number of halogens is 1. The van der Waals surface area contributed by atoms with Crippen LogP contribution in [-0.2, 0) is 0 Å².